The predicted molar refractivity (Wildman–Crippen MR) is 264 cm³/mol. The molecule has 0 unspecified atom stereocenters. The molecule has 2 amide bonds. The number of hydrogen-bond acceptors (Lipinski definition) is 16. The largest absolute Gasteiger partial charge is 0.497 e. The number of ether oxygens (including phenoxy) is 5. The number of para-hydroxylation sites is 1. The van der Waals surface area contributed by atoms with Crippen LogP contribution < -0.4 is 19.1 Å². The summed E-state index contributed by atoms with van der Waals surface area (Å²) in [6.07, 6.45) is -2.11. The average molecular weight is 1030 g/mol. The number of methoxy groups -OCH3 is 3. The molecule has 0 bridgehead atoms. The van der Waals surface area contributed by atoms with Crippen molar-refractivity contribution in [1.29, 1.82) is 0 Å². The van der Waals surface area contributed by atoms with E-state index in [1.807, 2.05) is 0 Å². The van der Waals surface area contributed by atoms with Gasteiger partial charge in [-0.05, 0) is 118 Å². The number of fused-ring (bicyclic) bond motifs is 1. The number of amides is 2. The third kappa shape index (κ3) is 11.8. The monoisotopic (exact) mass is 1030 g/mol. The molecule has 2 heterocycles. The van der Waals surface area contributed by atoms with Gasteiger partial charge in [0.25, 0.3) is 9.05 Å². The third-order valence-electron chi connectivity index (χ3n) is 10.2. The highest BCUT2D eigenvalue weighted by Gasteiger charge is 2.39. The lowest BCUT2D eigenvalue weighted by Gasteiger charge is -2.27. The third-order valence-corrected chi connectivity index (χ3v) is 14.6. The Hall–Kier alpha value is -6.65. The molecule has 0 saturated carbocycles. The number of anilines is 1. The van der Waals surface area contributed by atoms with Crippen molar-refractivity contribution < 1.29 is 50.1 Å². The number of carbonyl (C=O) groups excluding carboxylic acids is 2. The van der Waals surface area contributed by atoms with Crippen molar-refractivity contribution in [1.82, 2.24) is 29.5 Å². The van der Waals surface area contributed by atoms with E-state index in [1.54, 1.807) is 140 Å². The van der Waals surface area contributed by atoms with Gasteiger partial charge >= 0.3 is 12.2 Å². The Morgan fingerprint density at radius 3 is 1.64 bits per heavy atom. The van der Waals surface area contributed by atoms with Crippen LogP contribution in [0.5, 0.6) is 17.2 Å². The van der Waals surface area contributed by atoms with E-state index in [2.05, 4.69) is 15.4 Å². The van der Waals surface area contributed by atoms with E-state index in [9.17, 15) is 18.0 Å². The lowest BCUT2D eigenvalue weighted by atomic mass is 9.98. The molecule has 0 aliphatic heterocycles. The van der Waals surface area contributed by atoms with E-state index in [1.165, 1.54) is 25.1 Å². The second-order valence-corrected chi connectivity index (χ2v) is 23.1. The quantitative estimate of drug-likeness (QED) is 0.0875. The Balaban J connectivity index is 1.50. The van der Waals surface area contributed by atoms with E-state index in [0.717, 1.165) is 27.3 Å². The molecule has 0 radical (unpaired) electrons. The molecule has 18 nitrogen and oxygen atoms in total. The Bertz CT molecular complexity index is 3180. The molecule has 7 rings (SSSR count). The SMILES string of the molecule is COc1ccc(CN(Cc2ccc(OC)cc2)S(=O)(=O)c2c(S(=O)(=O)Cl)ccc(-c3cccc4sc(N(C(=O)OC(C)(C)C)C(=O)OC(C)(C)C)nc34)c2-c2nnn(Cc3ccc(OC)cc3)n2)cc1. The van der Waals surface area contributed by atoms with Gasteiger partial charge in [-0.15, -0.1) is 10.2 Å². The summed E-state index contributed by atoms with van der Waals surface area (Å²) >= 11 is 0.957. The molecule has 0 aliphatic rings. The fraction of sp³-hybridized carbons (Fsp3) is 0.292. The van der Waals surface area contributed by atoms with Gasteiger partial charge in [0.05, 0.1) is 43.7 Å². The van der Waals surface area contributed by atoms with Crippen LogP contribution in [0.1, 0.15) is 58.2 Å². The fourth-order valence-electron chi connectivity index (χ4n) is 7.08. The number of benzene rings is 5. The molecule has 7 aromatic rings. The smallest absolute Gasteiger partial charge is 0.426 e. The summed E-state index contributed by atoms with van der Waals surface area (Å²) in [5.41, 5.74) is -0.00706. The minimum Gasteiger partial charge on any atom is -0.497 e. The van der Waals surface area contributed by atoms with Crippen LogP contribution in [0, 0.1) is 0 Å². The zero-order valence-corrected chi connectivity index (χ0v) is 42.9. The van der Waals surface area contributed by atoms with E-state index in [0.29, 0.717) is 38.0 Å². The minimum atomic E-state index is -5.00. The molecule has 0 atom stereocenters. The summed E-state index contributed by atoms with van der Waals surface area (Å²) in [6, 6.07) is 28.0. The normalized spacial score (nSPS) is 12.2. The number of aromatic nitrogens is 5. The number of thiazole rings is 1. The van der Waals surface area contributed by atoms with Crippen molar-refractivity contribution in [2.45, 2.75) is 82.2 Å². The molecule has 0 N–H and O–H groups in total. The first kappa shape index (κ1) is 51.2. The van der Waals surface area contributed by atoms with Crippen LogP contribution >= 0.6 is 22.0 Å². The Kier molecular flexibility index (Phi) is 14.9. The maximum absolute atomic E-state index is 15.9. The van der Waals surface area contributed by atoms with E-state index in [4.69, 9.17) is 39.4 Å². The highest BCUT2D eigenvalue weighted by Crippen LogP contribution is 2.45. The standard InChI is InChI=1S/C48H50ClN7O11S3/c1-47(2,3)66-45(57)56(46(58)67-48(4,5)6)44-50-41-37(11-10-12-38(41)68-44)36-25-26-39(69(49,59)60)42(40(36)43-51-53-55(52-43)29-32-17-23-35(65-9)24-18-32)70(61,62)54(27-30-13-19-33(63-7)20-14-30)28-31-15-21-34(64-8)22-16-31/h10-26H,27-29H2,1-9H3. The van der Waals surface area contributed by atoms with E-state index < -0.39 is 52.3 Å². The first-order chi connectivity index (χ1) is 33.0. The van der Waals surface area contributed by atoms with Crippen molar-refractivity contribution in [3.05, 3.63) is 120 Å². The Labute approximate surface area is 414 Å². The summed E-state index contributed by atoms with van der Waals surface area (Å²) < 4.78 is 88.2. The number of rotatable bonds is 15. The fourth-order valence-corrected chi connectivity index (χ4v) is 11.5. The number of carbonyl (C=O) groups is 2. The van der Waals surface area contributed by atoms with Gasteiger partial charge in [0, 0.05) is 29.3 Å². The van der Waals surface area contributed by atoms with Crippen LogP contribution in [0.2, 0.25) is 0 Å². The summed E-state index contributed by atoms with van der Waals surface area (Å²) in [5.74, 6) is 1.39. The first-order valence-electron chi connectivity index (χ1n) is 21.4. The van der Waals surface area contributed by atoms with Gasteiger partial charge < -0.3 is 23.7 Å². The maximum atomic E-state index is 15.9. The van der Waals surface area contributed by atoms with Crippen molar-refractivity contribution in [3.63, 3.8) is 0 Å². The molecule has 5 aromatic carbocycles. The van der Waals surface area contributed by atoms with Gasteiger partial charge in [0.2, 0.25) is 21.0 Å². The van der Waals surface area contributed by atoms with E-state index >= 15 is 8.42 Å². The second kappa shape index (κ2) is 20.4. The lowest BCUT2D eigenvalue weighted by Crippen LogP contribution is -2.43. The van der Waals surface area contributed by atoms with Crippen LogP contribution in [0.3, 0.4) is 0 Å². The maximum Gasteiger partial charge on any atom is 0.426 e. The number of nitrogens with zero attached hydrogens (tertiary/aromatic N) is 7. The van der Waals surface area contributed by atoms with Crippen LogP contribution in [-0.2, 0) is 48.2 Å². The summed E-state index contributed by atoms with van der Waals surface area (Å²) in [6.45, 7) is 9.41. The summed E-state index contributed by atoms with van der Waals surface area (Å²) in [5, 5.41) is 13.2. The summed E-state index contributed by atoms with van der Waals surface area (Å²) in [7, 11) is 0.900. The van der Waals surface area contributed by atoms with Gasteiger partial charge in [-0.25, -0.2) is 31.4 Å². The molecular weight excluding hydrogens is 982 g/mol. The summed E-state index contributed by atoms with van der Waals surface area (Å²) in [4.78, 5) is 32.8. The minimum absolute atomic E-state index is 0.0686. The first-order valence-corrected chi connectivity index (χ1v) is 26.0. The number of sulfonamides is 1. The second-order valence-electron chi connectivity index (χ2n) is 17.7. The molecule has 0 fully saturated rings. The molecule has 0 saturated heterocycles. The lowest BCUT2D eigenvalue weighted by molar-refractivity contribution is 0.0430. The van der Waals surface area contributed by atoms with Crippen LogP contribution in [-0.4, -0.2) is 91.1 Å². The van der Waals surface area contributed by atoms with Crippen LogP contribution in [0.25, 0.3) is 32.7 Å². The topological polar surface area (TPSA) is 212 Å². The zero-order chi connectivity index (χ0) is 50.8. The predicted octanol–water partition coefficient (Wildman–Crippen LogP) is 9.69. The van der Waals surface area contributed by atoms with E-state index in [-0.39, 0.29) is 52.8 Å². The number of tetrazole rings is 1. The van der Waals surface area contributed by atoms with Crippen molar-refractivity contribution in [2.24, 2.45) is 0 Å². The molecule has 70 heavy (non-hydrogen) atoms. The Morgan fingerprint density at radius 1 is 0.671 bits per heavy atom. The van der Waals surface area contributed by atoms with Crippen LogP contribution in [0.4, 0.5) is 14.7 Å². The Morgan fingerprint density at radius 2 is 1.17 bits per heavy atom. The van der Waals surface area contributed by atoms with Gasteiger partial charge in [0.15, 0.2) is 0 Å². The average Bonchev–Trinajstić information content (AvgIpc) is 3.95. The van der Waals surface area contributed by atoms with Crippen molar-refractivity contribution in [2.75, 3.05) is 26.2 Å². The zero-order valence-electron chi connectivity index (χ0n) is 39.7. The number of imide groups is 1. The number of hydrogen-bond donors (Lipinski definition) is 0. The van der Waals surface area contributed by atoms with Crippen molar-refractivity contribution in [3.8, 4) is 39.8 Å². The van der Waals surface area contributed by atoms with Gasteiger partial charge in [0.1, 0.15) is 38.2 Å². The highest BCUT2D eigenvalue weighted by molar-refractivity contribution is 8.14. The van der Waals surface area contributed by atoms with Gasteiger partial charge in [-0.3, -0.25) is 0 Å². The van der Waals surface area contributed by atoms with Gasteiger partial charge in [-0.2, -0.15) is 14.0 Å². The van der Waals surface area contributed by atoms with Crippen molar-refractivity contribution >= 4 is 68.6 Å². The molecule has 0 aliphatic carbocycles. The van der Waals surface area contributed by atoms with Gasteiger partial charge in [-0.1, -0.05) is 65.9 Å². The molecule has 368 valence electrons. The highest BCUT2D eigenvalue weighted by atomic mass is 35.7. The molecule has 22 heteroatoms. The molecular formula is C48H50ClN7O11S3. The molecule has 2 aromatic heterocycles. The number of halogens is 1. The van der Waals surface area contributed by atoms with Crippen LogP contribution in [0.15, 0.2) is 113 Å². The molecule has 0 spiro atoms.